The van der Waals surface area contributed by atoms with Crippen molar-refractivity contribution in [3.8, 4) is 11.1 Å². The van der Waals surface area contributed by atoms with Crippen LogP contribution in [0, 0.1) is 0 Å². The number of nitrogens with zero attached hydrogens (tertiary/aromatic N) is 3. The molecule has 0 spiro atoms. The van der Waals surface area contributed by atoms with Crippen molar-refractivity contribution in [3.63, 3.8) is 0 Å². The number of nitrogens with two attached hydrogens (primary N) is 1. The van der Waals surface area contributed by atoms with Crippen LogP contribution in [0.5, 0.6) is 0 Å². The fourth-order valence-corrected chi connectivity index (χ4v) is 2.45. The topological polar surface area (TPSA) is 93.4 Å². The molecule has 120 valence electrons. The number of anilines is 1. The van der Waals surface area contributed by atoms with Crippen molar-refractivity contribution < 1.29 is 9.53 Å². The van der Waals surface area contributed by atoms with E-state index in [0.29, 0.717) is 19.8 Å². The SMILES string of the molecule is NC(=O)NCc1cccc(-c2cnc(N3CCOCC3)nc2)c1. The van der Waals surface area contributed by atoms with Crippen molar-refractivity contribution >= 4 is 12.0 Å². The minimum Gasteiger partial charge on any atom is -0.378 e. The largest absolute Gasteiger partial charge is 0.378 e. The Kier molecular flexibility index (Phi) is 4.68. The van der Waals surface area contributed by atoms with Crippen molar-refractivity contribution in [2.24, 2.45) is 5.73 Å². The van der Waals surface area contributed by atoms with Crippen LogP contribution in [0.2, 0.25) is 0 Å². The van der Waals surface area contributed by atoms with Gasteiger partial charge in [-0.25, -0.2) is 14.8 Å². The predicted molar refractivity (Wildman–Crippen MR) is 86.9 cm³/mol. The van der Waals surface area contributed by atoms with Crippen LogP contribution in [0.3, 0.4) is 0 Å². The number of ether oxygens (including phenoxy) is 1. The second kappa shape index (κ2) is 7.06. The summed E-state index contributed by atoms with van der Waals surface area (Å²) < 4.78 is 5.33. The van der Waals surface area contributed by atoms with E-state index in [0.717, 1.165) is 35.7 Å². The monoisotopic (exact) mass is 313 g/mol. The fraction of sp³-hybridized carbons (Fsp3) is 0.312. The molecule has 3 rings (SSSR count). The van der Waals surface area contributed by atoms with Gasteiger partial charge in [0.25, 0.3) is 0 Å². The molecule has 0 bridgehead atoms. The number of carbonyl (C=O) groups excluding carboxylic acids is 1. The lowest BCUT2D eigenvalue weighted by Gasteiger charge is -2.26. The van der Waals surface area contributed by atoms with Gasteiger partial charge in [-0.1, -0.05) is 18.2 Å². The molecule has 23 heavy (non-hydrogen) atoms. The fourth-order valence-electron chi connectivity index (χ4n) is 2.45. The standard InChI is InChI=1S/C16H19N5O2/c17-15(22)18-9-12-2-1-3-13(8-12)14-10-19-16(20-11-14)21-4-6-23-7-5-21/h1-3,8,10-11H,4-7,9H2,(H3,17,18,22). The molecule has 7 heteroatoms. The minimum atomic E-state index is -0.534. The lowest BCUT2D eigenvalue weighted by Crippen LogP contribution is -2.37. The van der Waals surface area contributed by atoms with Gasteiger partial charge < -0.3 is 20.7 Å². The van der Waals surface area contributed by atoms with E-state index in [1.807, 2.05) is 36.7 Å². The molecule has 0 saturated carbocycles. The van der Waals surface area contributed by atoms with Crippen molar-refractivity contribution in [1.82, 2.24) is 15.3 Å². The Labute approximate surface area is 134 Å². The lowest BCUT2D eigenvalue weighted by atomic mass is 10.1. The number of amides is 2. The second-order valence-corrected chi connectivity index (χ2v) is 5.29. The number of carbonyl (C=O) groups is 1. The average molecular weight is 313 g/mol. The summed E-state index contributed by atoms with van der Waals surface area (Å²) in [6.45, 7) is 3.44. The maximum absolute atomic E-state index is 10.8. The average Bonchev–Trinajstić information content (AvgIpc) is 2.61. The first-order valence-electron chi connectivity index (χ1n) is 7.50. The van der Waals surface area contributed by atoms with Gasteiger partial charge >= 0.3 is 6.03 Å². The molecule has 3 N–H and O–H groups in total. The van der Waals surface area contributed by atoms with Gasteiger partial charge in [0.05, 0.1) is 13.2 Å². The highest BCUT2D eigenvalue weighted by atomic mass is 16.5. The van der Waals surface area contributed by atoms with Gasteiger partial charge in [-0.05, 0) is 17.2 Å². The Morgan fingerprint density at radius 2 is 1.96 bits per heavy atom. The molecular weight excluding hydrogens is 294 g/mol. The van der Waals surface area contributed by atoms with Gasteiger partial charge in [0.1, 0.15) is 0 Å². The molecule has 2 amide bonds. The van der Waals surface area contributed by atoms with E-state index in [9.17, 15) is 4.79 Å². The van der Waals surface area contributed by atoms with E-state index >= 15 is 0 Å². The molecule has 1 aliphatic rings. The molecule has 2 aromatic rings. The lowest BCUT2D eigenvalue weighted by molar-refractivity contribution is 0.122. The molecule has 1 aromatic carbocycles. The second-order valence-electron chi connectivity index (χ2n) is 5.29. The minimum absolute atomic E-state index is 0.399. The van der Waals surface area contributed by atoms with Gasteiger partial charge in [0.2, 0.25) is 5.95 Å². The highest BCUT2D eigenvalue weighted by Gasteiger charge is 2.13. The first-order chi connectivity index (χ1) is 11.2. The summed E-state index contributed by atoms with van der Waals surface area (Å²) in [5.41, 5.74) is 8.00. The van der Waals surface area contributed by atoms with Crippen LogP contribution in [0.1, 0.15) is 5.56 Å². The summed E-state index contributed by atoms with van der Waals surface area (Å²) >= 11 is 0. The van der Waals surface area contributed by atoms with Crippen LogP contribution >= 0.6 is 0 Å². The van der Waals surface area contributed by atoms with Crippen molar-refractivity contribution in [1.29, 1.82) is 0 Å². The molecule has 0 unspecified atom stereocenters. The summed E-state index contributed by atoms with van der Waals surface area (Å²) in [5.74, 6) is 0.726. The Hall–Kier alpha value is -2.67. The van der Waals surface area contributed by atoms with E-state index in [4.69, 9.17) is 10.5 Å². The quantitative estimate of drug-likeness (QED) is 0.883. The molecule has 1 aromatic heterocycles. The maximum Gasteiger partial charge on any atom is 0.312 e. The van der Waals surface area contributed by atoms with Crippen molar-refractivity contribution in [3.05, 3.63) is 42.2 Å². The van der Waals surface area contributed by atoms with Crippen LogP contribution in [-0.4, -0.2) is 42.3 Å². The number of aromatic nitrogens is 2. The molecule has 1 saturated heterocycles. The number of urea groups is 1. The van der Waals surface area contributed by atoms with Crippen LogP contribution < -0.4 is 16.0 Å². The molecular formula is C16H19N5O2. The molecule has 0 aliphatic carbocycles. The Morgan fingerprint density at radius 3 is 2.65 bits per heavy atom. The number of hydrogen-bond donors (Lipinski definition) is 2. The third kappa shape index (κ3) is 3.95. The number of primary amides is 1. The first kappa shape index (κ1) is 15.2. The number of hydrogen-bond acceptors (Lipinski definition) is 5. The zero-order valence-electron chi connectivity index (χ0n) is 12.7. The van der Waals surface area contributed by atoms with E-state index in [1.165, 1.54) is 0 Å². The number of rotatable bonds is 4. The molecule has 0 radical (unpaired) electrons. The molecule has 1 fully saturated rings. The van der Waals surface area contributed by atoms with Crippen LogP contribution in [-0.2, 0) is 11.3 Å². The van der Waals surface area contributed by atoms with Gasteiger partial charge in [-0.3, -0.25) is 0 Å². The van der Waals surface area contributed by atoms with E-state index in [-0.39, 0.29) is 0 Å². The summed E-state index contributed by atoms with van der Waals surface area (Å²) in [6.07, 6.45) is 3.64. The summed E-state index contributed by atoms with van der Waals surface area (Å²) in [6, 6.07) is 7.31. The molecule has 2 heterocycles. The Morgan fingerprint density at radius 1 is 1.22 bits per heavy atom. The number of nitrogens with one attached hydrogen (secondary N) is 1. The van der Waals surface area contributed by atoms with Crippen LogP contribution in [0.25, 0.3) is 11.1 Å². The first-order valence-corrected chi connectivity index (χ1v) is 7.50. The molecule has 1 aliphatic heterocycles. The van der Waals surface area contributed by atoms with Crippen molar-refractivity contribution in [2.75, 3.05) is 31.2 Å². The normalized spacial score (nSPS) is 14.5. The summed E-state index contributed by atoms with van der Waals surface area (Å²) in [5, 5.41) is 2.58. The molecule has 7 nitrogen and oxygen atoms in total. The smallest absolute Gasteiger partial charge is 0.312 e. The van der Waals surface area contributed by atoms with E-state index < -0.39 is 6.03 Å². The third-order valence-electron chi connectivity index (χ3n) is 3.66. The van der Waals surface area contributed by atoms with Gasteiger partial charge in [0.15, 0.2) is 0 Å². The van der Waals surface area contributed by atoms with Crippen LogP contribution in [0.4, 0.5) is 10.7 Å². The third-order valence-corrected chi connectivity index (χ3v) is 3.66. The van der Waals surface area contributed by atoms with E-state index in [1.54, 1.807) is 0 Å². The number of morpholine rings is 1. The Balaban J connectivity index is 1.73. The predicted octanol–water partition coefficient (Wildman–Crippen LogP) is 1.15. The molecule has 0 atom stereocenters. The van der Waals surface area contributed by atoms with Gasteiger partial charge in [-0.2, -0.15) is 0 Å². The highest BCUT2D eigenvalue weighted by Crippen LogP contribution is 2.20. The van der Waals surface area contributed by atoms with Crippen molar-refractivity contribution in [2.45, 2.75) is 6.54 Å². The maximum atomic E-state index is 10.8. The van der Waals surface area contributed by atoms with Gasteiger partial charge in [0, 0.05) is 37.6 Å². The van der Waals surface area contributed by atoms with E-state index in [2.05, 4.69) is 20.2 Å². The zero-order chi connectivity index (χ0) is 16.1. The zero-order valence-corrected chi connectivity index (χ0v) is 12.7. The number of benzene rings is 1. The summed E-state index contributed by atoms with van der Waals surface area (Å²) in [4.78, 5) is 21.8. The van der Waals surface area contributed by atoms with Gasteiger partial charge in [-0.15, -0.1) is 0 Å². The summed E-state index contributed by atoms with van der Waals surface area (Å²) in [7, 11) is 0. The van der Waals surface area contributed by atoms with Crippen LogP contribution in [0.15, 0.2) is 36.7 Å². The highest BCUT2D eigenvalue weighted by molar-refractivity contribution is 5.71. The Bertz CT molecular complexity index is 668.